The van der Waals surface area contributed by atoms with Crippen LogP contribution in [0.3, 0.4) is 0 Å². The van der Waals surface area contributed by atoms with E-state index < -0.39 is 10.0 Å². The lowest BCUT2D eigenvalue weighted by Crippen LogP contribution is -2.35. The second kappa shape index (κ2) is 7.97. The quantitative estimate of drug-likeness (QED) is 0.843. The third kappa shape index (κ3) is 4.28. The molecule has 2 aromatic carbocycles. The SMILES string of the molecule is O=C1CCCCN1c1ccc(S(=O)(=O)NCCc2ccccc2F)cc1. The van der Waals surface area contributed by atoms with E-state index in [1.54, 1.807) is 35.2 Å². The Morgan fingerprint density at radius 1 is 1.04 bits per heavy atom. The highest BCUT2D eigenvalue weighted by molar-refractivity contribution is 7.89. The van der Waals surface area contributed by atoms with Gasteiger partial charge in [0, 0.05) is 25.2 Å². The molecule has 3 rings (SSSR count). The van der Waals surface area contributed by atoms with Crippen LogP contribution in [0, 0.1) is 5.82 Å². The van der Waals surface area contributed by atoms with E-state index in [1.165, 1.54) is 18.2 Å². The lowest BCUT2D eigenvalue weighted by atomic mass is 10.1. The minimum Gasteiger partial charge on any atom is -0.312 e. The van der Waals surface area contributed by atoms with Crippen LogP contribution in [0.25, 0.3) is 0 Å². The predicted octanol–water partition coefficient (Wildman–Crippen LogP) is 2.86. The van der Waals surface area contributed by atoms with E-state index in [2.05, 4.69) is 4.72 Å². The van der Waals surface area contributed by atoms with Crippen molar-refractivity contribution in [2.75, 3.05) is 18.0 Å². The normalized spacial score (nSPS) is 15.3. The van der Waals surface area contributed by atoms with E-state index in [9.17, 15) is 17.6 Å². The number of anilines is 1. The number of amides is 1. The van der Waals surface area contributed by atoms with Crippen molar-refractivity contribution in [1.82, 2.24) is 4.72 Å². The van der Waals surface area contributed by atoms with Crippen molar-refractivity contribution in [3.05, 3.63) is 59.9 Å². The molecule has 1 N–H and O–H groups in total. The molecule has 2 aromatic rings. The fraction of sp³-hybridized carbons (Fsp3) is 0.316. The molecule has 0 bridgehead atoms. The van der Waals surface area contributed by atoms with Crippen LogP contribution in [-0.2, 0) is 21.2 Å². The predicted molar refractivity (Wildman–Crippen MR) is 97.9 cm³/mol. The van der Waals surface area contributed by atoms with Crippen molar-refractivity contribution in [2.24, 2.45) is 0 Å². The molecule has 0 radical (unpaired) electrons. The van der Waals surface area contributed by atoms with Gasteiger partial charge in [0.15, 0.2) is 0 Å². The number of hydrogen-bond acceptors (Lipinski definition) is 3. The molecule has 138 valence electrons. The number of benzene rings is 2. The van der Waals surface area contributed by atoms with Gasteiger partial charge in [0.1, 0.15) is 5.82 Å². The molecule has 0 saturated carbocycles. The number of hydrogen-bond donors (Lipinski definition) is 1. The van der Waals surface area contributed by atoms with Crippen molar-refractivity contribution < 1.29 is 17.6 Å². The first-order valence-electron chi connectivity index (χ1n) is 8.61. The van der Waals surface area contributed by atoms with Gasteiger partial charge < -0.3 is 4.90 Å². The first-order chi connectivity index (χ1) is 12.5. The van der Waals surface area contributed by atoms with Crippen molar-refractivity contribution in [3.8, 4) is 0 Å². The number of piperidine rings is 1. The molecule has 1 amide bonds. The Morgan fingerprint density at radius 2 is 1.77 bits per heavy atom. The Morgan fingerprint density at radius 3 is 2.46 bits per heavy atom. The maximum atomic E-state index is 13.6. The van der Waals surface area contributed by atoms with Gasteiger partial charge in [-0.1, -0.05) is 18.2 Å². The van der Waals surface area contributed by atoms with Gasteiger partial charge in [-0.05, 0) is 55.2 Å². The van der Waals surface area contributed by atoms with E-state index in [4.69, 9.17) is 0 Å². The highest BCUT2D eigenvalue weighted by atomic mass is 32.2. The molecule has 7 heteroatoms. The van der Waals surface area contributed by atoms with Crippen LogP contribution < -0.4 is 9.62 Å². The number of nitrogens with one attached hydrogen (secondary N) is 1. The summed E-state index contributed by atoms with van der Waals surface area (Å²) in [6, 6.07) is 12.6. The largest absolute Gasteiger partial charge is 0.312 e. The van der Waals surface area contributed by atoms with Crippen molar-refractivity contribution in [3.63, 3.8) is 0 Å². The fourth-order valence-electron chi connectivity index (χ4n) is 2.99. The van der Waals surface area contributed by atoms with Crippen molar-refractivity contribution in [2.45, 2.75) is 30.6 Å². The number of halogens is 1. The maximum absolute atomic E-state index is 13.6. The Labute approximate surface area is 152 Å². The molecule has 0 aromatic heterocycles. The summed E-state index contributed by atoms with van der Waals surface area (Å²) in [5, 5.41) is 0. The molecular weight excluding hydrogens is 355 g/mol. The summed E-state index contributed by atoms with van der Waals surface area (Å²) in [4.78, 5) is 13.8. The summed E-state index contributed by atoms with van der Waals surface area (Å²) in [5.41, 5.74) is 1.18. The van der Waals surface area contributed by atoms with Gasteiger partial charge in [-0.3, -0.25) is 4.79 Å². The van der Waals surface area contributed by atoms with Gasteiger partial charge in [0.2, 0.25) is 15.9 Å². The molecule has 1 aliphatic rings. The molecular formula is C19H21FN2O3S. The van der Waals surface area contributed by atoms with Crippen LogP contribution in [0.2, 0.25) is 0 Å². The third-order valence-corrected chi connectivity index (χ3v) is 5.90. The standard InChI is InChI=1S/C19H21FN2O3S/c20-18-6-2-1-5-15(18)12-13-21-26(24,25)17-10-8-16(9-11-17)22-14-4-3-7-19(22)23/h1-2,5-6,8-11,21H,3-4,7,12-14H2. The third-order valence-electron chi connectivity index (χ3n) is 4.43. The Kier molecular flexibility index (Phi) is 5.68. The molecule has 0 spiro atoms. The summed E-state index contributed by atoms with van der Waals surface area (Å²) < 4.78 is 40.8. The number of rotatable bonds is 6. The lowest BCUT2D eigenvalue weighted by molar-refractivity contribution is -0.119. The van der Waals surface area contributed by atoms with Crippen LogP contribution in [0.15, 0.2) is 53.4 Å². The minimum absolute atomic E-state index is 0.0647. The Bertz CT molecular complexity index is 882. The summed E-state index contributed by atoms with van der Waals surface area (Å²) in [6.45, 7) is 0.765. The lowest BCUT2D eigenvalue weighted by Gasteiger charge is -2.26. The average molecular weight is 376 g/mol. The highest BCUT2D eigenvalue weighted by Crippen LogP contribution is 2.22. The van der Waals surface area contributed by atoms with Crippen LogP contribution in [-0.4, -0.2) is 27.4 Å². The number of carbonyl (C=O) groups excluding carboxylic acids is 1. The Hall–Kier alpha value is -2.25. The Balaban J connectivity index is 1.64. The first-order valence-corrected chi connectivity index (χ1v) is 10.1. The topological polar surface area (TPSA) is 66.5 Å². The zero-order valence-electron chi connectivity index (χ0n) is 14.3. The number of carbonyl (C=O) groups is 1. The second-order valence-corrected chi connectivity index (χ2v) is 8.00. The van der Waals surface area contributed by atoms with E-state index in [-0.39, 0.29) is 29.6 Å². The van der Waals surface area contributed by atoms with E-state index in [1.807, 2.05) is 0 Å². The van der Waals surface area contributed by atoms with Gasteiger partial charge in [-0.15, -0.1) is 0 Å². The van der Waals surface area contributed by atoms with Crippen LogP contribution in [0.1, 0.15) is 24.8 Å². The molecule has 1 fully saturated rings. The summed E-state index contributed by atoms with van der Waals surface area (Å²) in [5.74, 6) is -0.280. The molecule has 1 aliphatic heterocycles. The average Bonchev–Trinajstić information content (AvgIpc) is 2.64. The monoisotopic (exact) mass is 376 g/mol. The maximum Gasteiger partial charge on any atom is 0.240 e. The van der Waals surface area contributed by atoms with Crippen LogP contribution in [0.4, 0.5) is 10.1 Å². The minimum atomic E-state index is -3.68. The molecule has 1 saturated heterocycles. The van der Waals surface area contributed by atoms with Gasteiger partial charge in [-0.2, -0.15) is 0 Å². The highest BCUT2D eigenvalue weighted by Gasteiger charge is 2.20. The smallest absolute Gasteiger partial charge is 0.240 e. The molecule has 0 atom stereocenters. The van der Waals surface area contributed by atoms with E-state index in [0.717, 1.165) is 12.8 Å². The molecule has 0 aliphatic carbocycles. The number of nitrogens with zero attached hydrogens (tertiary/aromatic N) is 1. The van der Waals surface area contributed by atoms with Gasteiger partial charge >= 0.3 is 0 Å². The van der Waals surface area contributed by atoms with Gasteiger partial charge in [0.05, 0.1) is 4.90 Å². The van der Waals surface area contributed by atoms with Crippen molar-refractivity contribution in [1.29, 1.82) is 0 Å². The van der Waals surface area contributed by atoms with Crippen molar-refractivity contribution >= 4 is 21.6 Å². The fourth-order valence-corrected chi connectivity index (χ4v) is 4.02. The zero-order valence-corrected chi connectivity index (χ0v) is 15.1. The molecule has 1 heterocycles. The molecule has 0 unspecified atom stereocenters. The summed E-state index contributed by atoms with van der Waals surface area (Å²) in [7, 11) is -3.68. The summed E-state index contributed by atoms with van der Waals surface area (Å²) in [6.07, 6.45) is 2.64. The van der Waals surface area contributed by atoms with Crippen LogP contribution in [0.5, 0.6) is 0 Å². The van der Waals surface area contributed by atoms with E-state index in [0.29, 0.717) is 24.2 Å². The van der Waals surface area contributed by atoms with E-state index >= 15 is 0 Å². The van der Waals surface area contributed by atoms with Gasteiger partial charge in [-0.25, -0.2) is 17.5 Å². The zero-order chi connectivity index (χ0) is 18.6. The summed E-state index contributed by atoms with van der Waals surface area (Å²) >= 11 is 0. The molecule has 5 nitrogen and oxygen atoms in total. The van der Waals surface area contributed by atoms with Crippen LogP contribution >= 0.6 is 0 Å². The van der Waals surface area contributed by atoms with Gasteiger partial charge in [0.25, 0.3) is 0 Å². The number of sulfonamides is 1. The first kappa shape index (κ1) is 18.5. The molecule has 26 heavy (non-hydrogen) atoms. The second-order valence-electron chi connectivity index (χ2n) is 6.24.